The molecule has 0 spiro atoms. The molecule has 7 heteroatoms. The normalized spacial score (nSPS) is 36.8. The lowest BCUT2D eigenvalue weighted by Crippen LogP contribution is -2.50. The molecule has 16 heavy (non-hydrogen) atoms. The van der Waals surface area contributed by atoms with E-state index in [9.17, 15) is 9.13 Å². The lowest BCUT2D eigenvalue weighted by atomic mass is 10.1. The topological polar surface area (TPSA) is 43.9 Å². The average molecular weight is 267 g/mol. The molecule has 0 aromatic rings. The highest BCUT2D eigenvalue weighted by Gasteiger charge is 2.63. The van der Waals surface area contributed by atoms with Crippen molar-refractivity contribution in [2.45, 2.75) is 26.3 Å². The van der Waals surface area contributed by atoms with E-state index in [1.807, 2.05) is 20.8 Å². The fraction of sp³-hybridized carbons (Fsp3) is 1.00. The monoisotopic (exact) mass is 267 g/mol. The molecule has 0 aliphatic carbocycles. The second-order valence-electron chi connectivity index (χ2n) is 5.63. The van der Waals surface area contributed by atoms with Crippen molar-refractivity contribution in [2.75, 3.05) is 34.1 Å². The van der Waals surface area contributed by atoms with Crippen LogP contribution >= 0.6 is 14.9 Å². The molecular formula is C9H23N3O2P2. The minimum absolute atomic E-state index is 0.289. The number of hydrogen-bond acceptors (Lipinski definition) is 2. The Morgan fingerprint density at radius 2 is 1.25 bits per heavy atom. The van der Waals surface area contributed by atoms with Gasteiger partial charge in [-0.1, -0.05) is 0 Å². The molecule has 0 aromatic heterocycles. The molecule has 0 aromatic carbocycles. The lowest BCUT2D eigenvalue weighted by Gasteiger charge is -2.57. The van der Waals surface area contributed by atoms with E-state index in [-0.39, 0.29) is 11.4 Å². The van der Waals surface area contributed by atoms with E-state index in [0.717, 1.165) is 0 Å². The fourth-order valence-electron chi connectivity index (χ4n) is 2.04. The molecule has 1 aliphatic heterocycles. The maximum Gasteiger partial charge on any atom is 0.233 e. The predicted molar refractivity (Wildman–Crippen MR) is 69.0 cm³/mol. The maximum atomic E-state index is 12.7. The first kappa shape index (κ1) is 14.4. The molecule has 0 N–H and O–H groups in total. The number of rotatable bonds is 2. The predicted octanol–water partition coefficient (Wildman–Crippen LogP) is 2.57. The van der Waals surface area contributed by atoms with E-state index < -0.39 is 14.9 Å². The average Bonchev–Trinajstić information content (AvgIpc) is 1.97. The molecule has 1 fully saturated rings. The Morgan fingerprint density at radius 1 is 0.938 bits per heavy atom. The first-order valence-corrected chi connectivity index (χ1v) is 8.91. The zero-order valence-corrected chi connectivity index (χ0v) is 13.0. The summed E-state index contributed by atoms with van der Waals surface area (Å²) in [4.78, 5) is 0. The van der Waals surface area contributed by atoms with Crippen LogP contribution in [0.5, 0.6) is 0 Å². The van der Waals surface area contributed by atoms with Crippen molar-refractivity contribution >= 4 is 14.9 Å². The Morgan fingerprint density at radius 3 is 1.44 bits per heavy atom. The van der Waals surface area contributed by atoms with Crippen molar-refractivity contribution < 1.29 is 9.13 Å². The van der Waals surface area contributed by atoms with E-state index >= 15 is 0 Å². The summed E-state index contributed by atoms with van der Waals surface area (Å²) in [5.74, 6) is 0.289. The number of hydrogen-bond donors (Lipinski definition) is 0. The van der Waals surface area contributed by atoms with Crippen molar-refractivity contribution in [1.82, 2.24) is 13.8 Å². The van der Waals surface area contributed by atoms with E-state index in [4.69, 9.17) is 0 Å². The van der Waals surface area contributed by atoms with Gasteiger partial charge in [-0.2, -0.15) is 4.44 Å². The molecule has 1 saturated heterocycles. The molecule has 1 aliphatic rings. The molecule has 2 atom stereocenters. The highest BCUT2D eigenvalue weighted by Crippen LogP contribution is 2.85. The van der Waals surface area contributed by atoms with Gasteiger partial charge in [-0.05, 0) is 49.0 Å². The lowest BCUT2D eigenvalue weighted by molar-refractivity contribution is 0.293. The minimum atomic E-state index is -2.61. The van der Waals surface area contributed by atoms with Crippen LogP contribution in [0.1, 0.15) is 20.8 Å². The summed E-state index contributed by atoms with van der Waals surface area (Å²) in [6, 6.07) is 0. The van der Waals surface area contributed by atoms with E-state index in [2.05, 4.69) is 0 Å². The first-order chi connectivity index (χ1) is 6.96. The third-order valence-corrected chi connectivity index (χ3v) is 12.3. The van der Waals surface area contributed by atoms with Gasteiger partial charge in [0.15, 0.2) is 0 Å². The summed E-state index contributed by atoms with van der Waals surface area (Å²) < 4.78 is 30.6. The zero-order valence-electron chi connectivity index (χ0n) is 11.3. The van der Waals surface area contributed by atoms with Crippen LogP contribution in [0.3, 0.4) is 0 Å². The van der Waals surface area contributed by atoms with E-state index in [0.29, 0.717) is 0 Å². The van der Waals surface area contributed by atoms with Gasteiger partial charge in [-0.25, -0.2) is 9.34 Å². The van der Waals surface area contributed by atoms with Crippen LogP contribution in [0.15, 0.2) is 0 Å². The molecule has 1 rings (SSSR count). The molecule has 5 nitrogen and oxygen atoms in total. The highest BCUT2D eigenvalue weighted by atomic mass is 31.3. The molecule has 96 valence electrons. The molecule has 1 heterocycles. The Labute approximate surface area is 98.7 Å². The van der Waals surface area contributed by atoms with Crippen molar-refractivity contribution in [1.29, 1.82) is 0 Å². The van der Waals surface area contributed by atoms with E-state index in [1.165, 1.54) is 0 Å². The summed E-state index contributed by atoms with van der Waals surface area (Å²) in [6.45, 7) is 5.87. The van der Waals surface area contributed by atoms with Gasteiger partial charge in [0.1, 0.15) is 5.90 Å². The Kier molecular flexibility index (Phi) is 3.54. The summed E-state index contributed by atoms with van der Waals surface area (Å²) in [5, 5.41) is 0. The maximum absolute atomic E-state index is 12.7. The van der Waals surface area contributed by atoms with Gasteiger partial charge in [-0.15, -0.1) is 0 Å². The fourth-order valence-corrected chi connectivity index (χ4v) is 11.7. The van der Waals surface area contributed by atoms with Crippen LogP contribution in [0.4, 0.5) is 0 Å². The SMILES string of the molecule is CN(C)P1(=O)CP(=O)(N(C)C)N1C(C)(C)C. The minimum Gasteiger partial charge on any atom is -0.288 e. The quantitative estimate of drug-likeness (QED) is 0.719. The Bertz CT molecular complexity index is 345. The standard InChI is InChI=1S/C9H23N3O2P2/c1-9(2,3)12-15(13,10(4)5)8-16(12,14)11(6)7/h8H2,1-7H3. The third kappa shape index (κ3) is 1.93. The zero-order chi connectivity index (χ0) is 12.9. The van der Waals surface area contributed by atoms with Crippen LogP contribution in [0, 0.1) is 0 Å². The van der Waals surface area contributed by atoms with Crippen LogP contribution < -0.4 is 0 Å². The van der Waals surface area contributed by atoms with Crippen LogP contribution in [0.25, 0.3) is 0 Å². The molecule has 0 bridgehead atoms. The van der Waals surface area contributed by atoms with Crippen LogP contribution in [0.2, 0.25) is 0 Å². The largest absolute Gasteiger partial charge is 0.288 e. The second-order valence-corrected chi connectivity index (χ2v) is 12.1. The van der Waals surface area contributed by atoms with Gasteiger partial charge in [0.05, 0.1) is 0 Å². The molecule has 0 amide bonds. The smallest absolute Gasteiger partial charge is 0.233 e. The van der Waals surface area contributed by atoms with Gasteiger partial charge < -0.3 is 0 Å². The summed E-state index contributed by atoms with van der Waals surface area (Å²) in [7, 11) is 1.94. The van der Waals surface area contributed by atoms with Gasteiger partial charge in [0.2, 0.25) is 14.9 Å². The molecule has 2 unspecified atom stereocenters. The third-order valence-electron chi connectivity index (χ3n) is 2.81. The van der Waals surface area contributed by atoms with Crippen molar-refractivity contribution in [3.8, 4) is 0 Å². The van der Waals surface area contributed by atoms with Crippen molar-refractivity contribution in [2.24, 2.45) is 0 Å². The summed E-state index contributed by atoms with van der Waals surface area (Å²) in [5.41, 5.74) is -0.349. The summed E-state index contributed by atoms with van der Waals surface area (Å²) >= 11 is 0. The number of nitrogens with zero attached hydrogens (tertiary/aromatic N) is 3. The van der Waals surface area contributed by atoms with Crippen molar-refractivity contribution in [3.05, 3.63) is 0 Å². The van der Waals surface area contributed by atoms with Crippen LogP contribution in [-0.4, -0.2) is 53.4 Å². The first-order valence-electron chi connectivity index (χ1n) is 5.31. The van der Waals surface area contributed by atoms with Gasteiger partial charge in [0.25, 0.3) is 0 Å². The van der Waals surface area contributed by atoms with Gasteiger partial charge in [0, 0.05) is 5.54 Å². The van der Waals surface area contributed by atoms with Crippen LogP contribution in [-0.2, 0) is 9.13 Å². The van der Waals surface area contributed by atoms with Gasteiger partial charge >= 0.3 is 0 Å². The molecule has 0 saturated carbocycles. The van der Waals surface area contributed by atoms with E-state index in [1.54, 1.807) is 42.0 Å². The highest BCUT2D eigenvalue weighted by molar-refractivity contribution is 7.90. The van der Waals surface area contributed by atoms with Crippen molar-refractivity contribution in [3.63, 3.8) is 0 Å². The Balaban J connectivity index is 3.20. The van der Waals surface area contributed by atoms with Gasteiger partial charge in [-0.3, -0.25) is 9.13 Å². The summed E-state index contributed by atoms with van der Waals surface area (Å²) in [6.07, 6.45) is 0. The molecular weight excluding hydrogens is 244 g/mol. The Hall–Kier alpha value is 0.340. The molecule has 0 radical (unpaired) electrons. The second kappa shape index (κ2) is 3.93.